The van der Waals surface area contributed by atoms with Crippen molar-refractivity contribution in [2.75, 3.05) is 7.05 Å². The van der Waals surface area contributed by atoms with Crippen molar-refractivity contribution in [2.24, 2.45) is 0 Å². The average molecular weight is 104 g/mol. The molecule has 0 rings (SSSR count). The minimum absolute atomic E-state index is 0.208. The Hall–Kier alpha value is -1.36. The molecule has 0 atom stereocenters. The van der Waals surface area contributed by atoms with Gasteiger partial charge in [0, 0.05) is 0 Å². The van der Waals surface area contributed by atoms with Crippen LogP contribution in [-0.2, 0) is 0 Å². The highest BCUT2D eigenvalue weighted by Crippen LogP contribution is 1.89. The summed E-state index contributed by atoms with van der Waals surface area (Å²) in [4.78, 5) is 0. The highest BCUT2D eigenvalue weighted by atomic mass is 15.3. The summed E-state index contributed by atoms with van der Waals surface area (Å²) in [5.74, 6) is 0. The molecule has 1 nitrogen and oxygen atoms in total. The van der Waals surface area contributed by atoms with Crippen molar-refractivity contribution in [1.29, 1.82) is 0 Å². The Balaban J connectivity index is 4.42. The molecule has 0 spiro atoms. The van der Waals surface area contributed by atoms with E-state index >= 15 is 0 Å². The molecule has 0 aromatic rings. The van der Waals surface area contributed by atoms with E-state index in [2.05, 4.69) is 18.1 Å². The van der Waals surface area contributed by atoms with Crippen molar-refractivity contribution in [3.8, 4) is 37.4 Å². The van der Waals surface area contributed by atoms with E-state index in [1.54, 1.807) is 7.05 Å². The summed E-state index contributed by atoms with van der Waals surface area (Å²) in [6, 6.07) is 6.73. The van der Waals surface area contributed by atoms with Gasteiger partial charge in [0.25, 0.3) is 0 Å². The number of quaternary nitrogens is 1. The number of terminal acetylenes is 3. The van der Waals surface area contributed by atoms with Crippen molar-refractivity contribution < 1.29 is 4.48 Å². The summed E-state index contributed by atoms with van der Waals surface area (Å²) in [6.07, 6.45) is 14.9. The van der Waals surface area contributed by atoms with Gasteiger partial charge >= 0.3 is 0 Å². The summed E-state index contributed by atoms with van der Waals surface area (Å²) < 4.78 is -0.208. The molecule has 0 radical (unpaired) electrons. The number of hydrogen-bond donors (Lipinski definition) is 0. The van der Waals surface area contributed by atoms with Crippen molar-refractivity contribution in [3.05, 3.63) is 0 Å². The summed E-state index contributed by atoms with van der Waals surface area (Å²) in [5, 5.41) is 0. The highest BCUT2D eigenvalue weighted by Gasteiger charge is 2.10. The normalized spacial score (nSPS) is 8.25. The largest absolute Gasteiger partial charge is 0.162 e. The monoisotopic (exact) mass is 104 g/mol. The minimum atomic E-state index is -0.208. The molecule has 0 aromatic heterocycles. The zero-order valence-electron chi connectivity index (χ0n) is 4.68. The van der Waals surface area contributed by atoms with Crippen molar-refractivity contribution >= 4 is 0 Å². The molecule has 38 valence electrons. The first-order valence-electron chi connectivity index (χ1n) is 1.98. The Morgan fingerprint density at radius 3 is 1.25 bits per heavy atom. The Morgan fingerprint density at radius 2 is 1.25 bits per heavy atom. The molecule has 0 aromatic carbocycles. The van der Waals surface area contributed by atoms with Gasteiger partial charge < -0.3 is 0 Å². The predicted octanol–water partition coefficient (Wildman–Crippen LogP) is 0.205. The molecule has 0 N–H and O–H groups in total. The van der Waals surface area contributed by atoms with E-state index in [0.29, 0.717) is 0 Å². The summed E-state index contributed by atoms with van der Waals surface area (Å²) >= 11 is 0. The van der Waals surface area contributed by atoms with Crippen LogP contribution >= 0.6 is 0 Å². The van der Waals surface area contributed by atoms with Gasteiger partial charge in [-0.05, 0) is 0 Å². The van der Waals surface area contributed by atoms with Crippen LogP contribution in [0.4, 0.5) is 0 Å². The SMILES string of the molecule is C#C[N+](C)(C#C)C#C. The first kappa shape index (κ1) is 6.64. The fourth-order valence-corrected chi connectivity index (χ4v) is 0.112. The van der Waals surface area contributed by atoms with Gasteiger partial charge in [-0.2, -0.15) is 0 Å². The lowest BCUT2D eigenvalue weighted by molar-refractivity contribution is -0.694. The average Bonchev–Trinajstić information content (AvgIpc) is 1.87. The van der Waals surface area contributed by atoms with Gasteiger partial charge in [0.05, 0.1) is 0 Å². The summed E-state index contributed by atoms with van der Waals surface area (Å²) in [7, 11) is 1.58. The standard InChI is InChI=1S/C7H6N/c1-5-8(4,6-2)7-3/h1-3H,4H3/q+1. The molecule has 0 aliphatic rings. The van der Waals surface area contributed by atoms with Gasteiger partial charge in [0.1, 0.15) is 7.05 Å². The lowest BCUT2D eigenvalue weighted by Crippen LogP contribution is -2.25. The zero-order chi connectivity index (χ0) is 6.62. The lowest BCUT2D eigenvalue weighted by atomic mass is 10.6. The number of rotatable bonds is 0. The fourth-order valence-electron chi connectivity index (χ4n) is 0.112. The van der Waals surface area contributed by atoms with Gasteiger partial charge in [0.2, 0.25) is 0 Å². The Labute approximate surface area is 49.9 Å². The van der Waals surface area contributed by atoms with Gasteiger partial charge in [-0.25, -0.2) is 0 Å². The van der Waals surface area contributed by atoms with E-state index in [9.17, 15) is 0 Å². The third-order valence-electron chi connectivity index (χ3n) is 0.775. The van der Waals surface area contributed by atoms with Gasteiger partial charge in [-0.15, -0.1) is 0 Å². The maximum atomic E-state index is 4.97. The van der Waals surface area contributed by atoms with E-state index < -0.39 is 0 Å². The molecule has 0 saturated carbocycles. The first-order chi connectivity index (χ1) is 3.68. The summed E-state index contributed by atoms with van der Waals surface area (Å²) in [6.45, 7) is 0. The van der Waals surface area contributed by atoms with Crippen LogP contribution < -0.4 is 0 Å². The van der Waals surface area contributed by atoms with E-state index in [1.807, 2.05) is 0 Å². The third-order valence-corrected chi connectivity index (χ3v) is 0.775. The molecule has 0 saturated heterocycles. The van der Waals surface area contributed by atoms with Crippen LogP contribution in [0.1, 0.15) is 0 Å². The third kappa shape index (κ3) is 1.05. The number of nitrogens with zero attached hydrogens (tertiary/aromatic N) is 1. The molecule has 8 heavy (non-hydrogen) atoms. The molecule has 0 amide bonds. The van der Waals surface area contributed by atoms with Crippen molar-refractivity contribution in [1.82, 2.24) is 0 Å². The zero-order valence-corrected chi connectivity index (χ0v) is 4.68. The molecule has 0 aliphatic heterocycles. The molecule has 0 bridgehead atoms. The van der Waals surface area contributed by atoms with E-state index in [0.717, 1.165) is 0 Å². The summed E-state index contributed by atoms with van der Waals surface area (Å²) in [5.41, 5.74) is 0. The lowest BCUT2D eigenvalue weighted by Gasteiger charge is -2.04. The molecule has 0 heterocycles. The van der Waals surface area contributed by atoms with Crippen LogP contribution in [0.2, 0.25) is 0 Å². The van der Waals surface area contributed by atoms with Crippen LogP contribution in [0, 0.1) is 37.4 Å². The minimum Gasteiger partial charge on any atom is -0.0994 e. The number of hydrogen-bond acceptors (Lipinski definition) is 0. The quantitative estimate of drug-likeness (QED) is 0.304. The van der Waals surface area contributed by atoms with Crippen LogP contribution in [0.3, 0.4) is 0 Å². The van der Waals surface area contributed by atoms with Crippen molar-refractivity contribution in [3.63, 3.8) is 0 Å². The Bertz CT molecular complexity index is 158. The molecular formula is C7H6N+. The predicted molar refractivity (Wildman–Crippen MR) is 32.7 cm³/mol. The van der Waals surface area contributed by atoms with Gasteiger partial charge in [-0.3, -0.25) is 0 Å². The van der Waals surface area contributed by atoms with Gasteiger partial charge in [0.15, 0.2) is 18.1 Å². The van der Waals surface area contributed by atoms with E-state index in [-0.39, 0.29) is 4.48 Å². The van der Waals surface area contributed by atoms with Crippen LogP contribution in [-0.4, -0.2) is 11.5 Å². The molecule has 0 fully saturated rings. The van der Waals surface area contributed by atoms with Gasteiger partial charge in [-0.1, -0.05) is 23.8 Å². The van der Waals surface area contributed by atoms with E-state index in [1.165, 1.54) is 0 Å². The fraction of sp³-hybridized carbons (Fsp3) is 0.143. The van der Waals surface area contributed by atoms with Crippen LogP contribution in [0.5, 0.6) is 0 Å². The Kier molecular flexibility index (Phi) is 1.73. The second-order valence-corrected chi connectivity index (χ2v) is 1.39. The van der Waals surface area contributed by atoms with Crippen molar-refractivity contribution in [2.45, 2.75) is 0 Å². The molecular weight excluding hydrogens is 98.1 g/mol. The smallest absolute Gasteiger partial charge is 0.0994 e. The van der Waals surface area contributed by atoms with Crippen LogP contribution in [0.15, 0.2) is 0 Å². The maximum Gasteiger partial charge on any atom is 0.162 e. The topological polar surface area (TPSA) is 0 Å². The maximum absolute atomic E-state index is 4.97. The molecule has 0 aliphatic carbocycles. The first-order valence-corrected chi connectivity index (χ1v) is 1.98. The van der Waals surface area contributed by atoms with Crippen LogP contribution in [0.25, 0.3) is 0 Å². The molecule has 1 heteroatoms. The van der Waals surface area contributed by atoms with E-state index in [4.69, 9.17) is 19.3 Å². The second-order valence-electron chi connectivity index (χ2n) is 1.39. The molecule has 0 unspecified atom stereocenters. The highest BCUT2D eigenvalue weighted by molar-refractivity contribution is 4.93. The second kappa shape index (κ2) is 2.08. The Morgan fingerprint density at radius 1 is 1.00 bits per heavy atom.